The Morgan fingerprint density at radius 2 is 1.89 bits per heavy atom. The van der Waals surface area contributed by atoms with Gasteiger partial charge in [0.1, 0.15) is 0 Å². The van der Waals surface area contributed by atoms with Gasteiger partial charge in [0.25, 0.3) is 11.8 Å². The fraction of sp³-hybridized carbons (Fsp3) is 0.238. The average molecular weight is 365 g/mol. The Morgan fingerprint density at radius 1 is 1.15 bits per heavy atom. The molecule has 0 saturated heterocycles. The van der Waals surface area contributed by atoms with E-state index in [1.165, 1.54) is 6.08 Å². The molecule has 0 saturated carbocycles. The van der Waals surface area contributed by atoms with Crippen LogP contribution in [-0.2, 0) is 11.2 Å². The van der Waals surface area contributed by atoms with E-state index in [4.69, 9.17) is 5.21 Å². The van der Waals surface area contributed by atoms with E-state index in [-0.39, 0.29) is 11.9 Å². The van der Waals surface area contributed by atoms with Crippen molar-refractivity contribution in [2.45, 2.75) is 18.9 Å². The van der Waals surface area contributed by atoms with Crippen LogP contribution in [0.1, 0.15) is 39.5 Å². The Bertz CT molecular complexity index is 873. The standard InChI is InChI=1S/C21H23N3O3/c1-24(2)17-8-5-15(6-9-17)21(26)22-19-11-7-16-13-14(3-10-18(16)19)4-12-20(25)23-27/h3-6,8-10,12-13,19,27H,7,11H2,1-2H3,(H,22,26)(H,23,25)/b12-4+. The third-order valence-electron chi connectivity index (χ3n) is 4.73. The number of fused-ring (bicyclic) bond motifs is 1. The SMILES string of the molecule is CN(C)c1ccc(C(=O)NC2CCc3cc(/C=C/C(=O)NO)ccc32)cc1. The second-order valence-corrected chi connectivity index (χ2v) is 6.77. The van der Waals surface area contributed by atoms with Crippen LogP contribution in [0, 0.1) is 0 Å². The zero-order valence-electron chi connectivity index (χ0n) is 15.4. The Hall–Kier alpha value is -3.12. The number of nitrogens with zero attached hydrogens (tertiary/aromatic N) is 1. The normalized spacial score (nSPS) is 15.4. The summed E-state index contributed by atoms with van der Waals surface area (Å²) in [6.07, 6.45) is 4.63. The van der Waals surface area contributed by atoms with Gasteiger partial charge in [-0.3, -0.25) is 14.8 Å². The van der Waals surface area contributed by atoms with Crippen LogP contribution in [0.2, 0.25) is 0 Å². The number of hydrogen-bond acceptors (Lipinski definition) is 4. The van der Waals surface area contributed by atoms with E-state index >= 15 is 0 Å². The highest BCUT2D eigenvalue weighted by Crippen LogP contribution is 2.32. The van der Waals surface area contributed by atoms with E-state index in [0.29, 0.717) is 5.56 Å². The molecule has 6 nitrogen and oxygen atoms in total. The van der Waals surface area contributed by atoms with Gasteiger partial charge in [-0.25, -0.2) is 5.48 Å². The van der Waals surface area contributed by atoms with Gasteiger partial charge in [0.2, 0.25) is 0 Å². The summed E-state index contributed by atoms with van der Waals surface area (Å²) in [6.45, 7) is 0. The number of hydroxylamine groups is 1. The molecule has 2 aromatic carbocycles. The van der Waals surface area contributed by atoms with Gasteiger partial charge >= 0.3 is 0 Å². The summed E-state index contributed by atoms with van der Waals surface area (Å²) in [5, 5.41) is 11.6. The van der Waals surface area contributed by atoms with Gasteiger partial charge in [-0.2, -0.15) is 0 Å². The summed E-state index contributed by atoms with van der Waals surface area (Å²) in [6, 6.07) is 13.4. The first-order valence-electron chi connectivity index (χ1n) is 8.81. The molecule has 0 aliphatic heterocycles. The number of carbonyl (C=O) groups is 2. The maximum atomic E-state index is 12.6. The minimum absolute atomic E-state index is 0.0141. The maximum absolute atomic E-state index is 12.6. The smallest absolute Gasteiger partial charge is 0.267 e. The number of carbonyl (C=O) groups excluding carboxylic acids is 2. The van der Waals surface area contributed by atoms with E-state index in [9.17, 15) is 9.59 Å². The van der Waals surface area contributed by atoms with Crippen LogP contribution in [-0.4, -0.2) is 31.1 Å². The van der Waals surface area contributed by atoms with Crippen molar-refractivity contribution in [2.75, 3.05) is 19.0 Å². The second kappa shape index (κ2) is 8.05. The predicted octanol–water partition coefficient (Wildman–Crippen LogP) is 2.69. The largest absolute Gasteiger partial charge is 0.378 e. The molecule has 6 heteroatoms. The molecule has 0 aromatic heterocycles. The van der Waals surface area contributed by atoms with Crippen molar-refractivity contribution in [1.29, 1.82) is 0 Å². The summed E-state index contributed by atoms with van der Waals surface area (Å²) >= 11 is 0. The van der Waals surface area contributed by atoms with Gasteiger partial charge in [0.15, 0.2) is 0 Å². The minimum Gasteiger partial charge on any atom is -0.378 e. The van der Waals surface area contributed by atoms with Crippen molar-refractivity contribution < 1.29 is 14.8 Å². The molecule has 0 spiro atoms. The van der Waals surface area contributed by atoms with Crippen molar-refractivity contribution in [2.24, 2.45) is 0 Å². The van der Waals surface area contributed by atoms with Gasteiger partial charge in [-0.15, -0.1) is 0 Å². The zero-order chi connectivity index (χ0) is 19.4. The summed E-state index contributed by atoms with van der Waals surface area (Å²) in [4.78, 5) is 25.6. The van der Waals surface area contributed by atoms with E-state index < -0.39 is 5.91 Å². The number of amides is 2. The predicted molar refractivity (Wildman–Crippen MR) is 105 cm³/mol. The number of anilines is 1. The lowest BCUT2D eigenvalue weighted by Crippen LogP contribution is -2.27. The summed E-state index contributed by atoms with van der Waals surface area (Å²) < 4.78 is 0. The first-order valence-corrected chi connectivity index (χ1v) is 8.81. The first-order chi connectivity index (χ1) is 13.0. The third kappa shape index (κ3) is 4.35. The monoisotopic (exact) mass is 365 g/mol. The molecule has 1 aliphatic carbocycles. The molecule has 1 atom stereocenters. The van der Waals surface area contributed by atoms with Crippen LogP contribution in [0.25, 0.3) is 6.08 Å². The molecule has 2 amide bonds. The molecule has 0 heterocycles. The fourth-order valence-electron chi connectivity index (χ4n) is 3.25. The summed E-state index contributed by atoms with van der Waals surface area (Å²) in [5.41, 5.74) is 6.41. The van der Waals surface area contributed by atoms with Gasteiger partial charge in [-0.1, -0.05) is 18.2 Å². The number of aryl methyl sites for hydroxylation is 1. The molecule has 0 bridgehead atoms. The highest BCUT2D eigenvalue weighted by molar-refractivity contribution is 5.95. The molecule has 3 N–H and O–H groups in total. The highest BCUT2D eigenvalue weighted by Gasteiger charge is 2.24. The quantitative estimate of drug-likeness (QED) is 0.432. The lowest BCUT2D eigenvalue weighted by atomic mass is 10.0. The van der Waals surface area contributed by atoms with Crippen molar-refractivity contribution in [3.05, 3.63) is 70.8 Å². The van der Waals surface area contributed by atoms with Crippen LogP contribution in [0.4, 0.5) is 5.69 Å². The van der Waals surface area contributed by atoms with E-state index in [2.05, 4.69) is 5.32 Å². The summed E-state index contributed by atoms with van der Waals surface area (Å²) in [7, 11) is 3.93. The van der Waals surface area contributed by atoms with Crippen LogP contribution in [0.5, 0.6) is 0 Å². The lowest BCUT2D eigenvalue weighted by molar-refractivity contribution is -0.124. The second-order valence-electron chi connectivity index (χ2n) is 6.77. The van der Waals surface area contributed by atoms with Gasteiger partial charge in [0.05, 0.1) is 6.04 Å². The van der Waals surface area contributed by atoms with Gasteiger partial charge < -0.3 is 10.2 Å². The number of benzene rings is 2. The lowest BCUT2D eigenvalue weighted by Gasteiger charge is -2.16. The number of nitrogens with one attached hydrogen (secondary N) is 2. The molecule has 1 unspecified atom stereocenters. The van der Waals surface area contributed by atoms with Crippen molar-refractivity contribution in [3.8, 4) is 0 Å². The van der Waals surface area contributed by atoms with Crippen LogP contribution >= 0.6 is 0 Å². The molecular formula is C21H23N3O3. The van der Waals surface area contributed by atoms with E-state index in [1.54, 1.807) is 11.6 Å². The van der Waals surface area contributed by atoms with E-state index in [0.717, 1.165) is 35.2 Å². The van der Waals surface area contributed by atoms with Crippen LogP contribution < -0.4 is 15.7 Å². The Morgan fingerprint density at radius 3 is 2.56 bits per heavy atom. The Kier molecular flexibility index (Phi) is 5.57. The van der Waals surface area contributed by atoms with Crippen molar-refractivity contribution >= 4 is 23.6 Å². The Labute approximate surface area is 158 Å². The number of rotatable bonds is 5. The van der Waals surface area contributed by atoms with Crippen LogP contribution in [0.3, 0.4) is 0 Å². The molecule has 27 heavy (non-hydrogen) atoms. The molecule has 0 radical (unpaired) electrons. The zero-order valence-corrected chi connectivity index (χ0v) is 15.4. The van der Waals surface area contributed by atoms with Crippen molar-refractivity contribution in [1.82, 2.24) is 10.8 Å². The maximum Gasteiger partial charge on any atom is 0.267 e. The van der Waals surface area contributed by atoms with Crippen molar-refractivity contribution in [3.63, 3.8) is 0 Å². The minimum atomic E-state index is -0.569. The fourth-order valence-corrected chi connectivity index (χ4v) is 3.25. The molecule has 1 aliphatic rings. The van der Waals surface area contributed by atoms with E-state index in [1.807, 2.05) is 61.5 Å². The van der Waals surface area contributed by atoms with Crippen LogP contribution in [0.15, 0.2) is 48.5 Å². The molecule has 2 aromatic rings. The molecule has 140 valence electrons. The molecule has 0 fully saturated rings. The third-order valence-corrected chi connectivity index (χ3v) is 4.73. The average Bonchev–Trinajstić information content (AvgIpc) is 3.08. The van der Waals surface area contributed by atoms with Gasteiger partial charge in [-0.05, 0) is 59.9 Å². The van der Waals surface area contributed by atoms with Gasteiger partial charge in [0, 0.05) is 31.4 Å². The Balaban J connectivity index is 1.69. The summed E-state index contributed by atoms with van der Waals surface area (Å²) in [5.74, 6) is -0.650. The molecule has 3 rings (SSSR count). The first kappa shape index (κ1) is 18.7. The highest BCUT2D eigenvalue weighted by atomic mass is 16.5. The number of hydrogen-bond donors (Lipinski definition) is 3. The topological polar surface area (TPSA) is 81.7 Å². The molecular weight excluding hydrogens is 342 g/mol.